The highest BCUT2D eigenvalue weighted by atomic mass is 16.5. The van der Waals surface area contributed by atoms with Crippen molar-refractivity contribution in [2.75, 3.05) is 33.0 Å². The van der Waals surface area contributed by atoms with Gasteiger partial charge in [-0.1, -0.05) is 13.3 Å². The van der Waals surface area contributed by atoms with Crippen molar-refractivity contribution in [3.8, 4) is 0 Å². The average Bonchev–Trinajstić information content (AvgIpc) is 2.21. The molecule has 86 valence electrons. The normalized spacial score (nSPS) is 10.7. The molecule has 0 unspecified atom stereocenters. The van der Waals surface area contributed by atoms with Crippen molar-refractivity contribution in [3.63, 3.8) is 0 Å². The van der Waals surface area contributed by atoms with Gasteiger partial charge in [-0.05, 0) is 32.2 Å². The second-order valence-corrected chi connectivity index (χ2v) is 3.43. The highest BCUT2D eigenvalue weighted by Gasteiger charge is 1.90. The van der Waals surface area contributed by atoms with Crippen LogP contribution in [-0.2, 0) is 9.47 Å². The van der Waals surface area contributed by atoms with Crippen LogP contribution in [0.25, 0.3) is 0 Å². The zero-order chi connectivity index (χ0) is 10.5. The zero-order valence-corrected chi connectivity index (χ0v) is 9.46. The van der Waals surface area contributed by atoms with E-state index >= 15 is 0 Å². The van der Waals surface area contributed by atoms with Crippen LogP contribution in [0.15, 0.2) is 0 Å². The first-order valence-corrected chi connectivity index (χ1v) is 5.77. The summed E-state index contributed by atoms with van der Waals surface area (Å²) in [5.74, 6) is 0. The minimum absolute atomic E-state index is 0.767. The van der Waals surface area contributed by atoms with Gasteiger partial charge in [-0.15, -0.1) is 0 Å². The van der Waals surface area contributed by atoms with Crippen LogP contribution in [0.3, 0.4) is 0 Å². The number of ether oxygens (including phenoxy) is 2. The summed E-state index contributed by atoms with van der Waals surface area (Å²) >= 11 is 0. The average molecular weight is 203 g/mol. The predicted octanol–water partition coefficient (Wildman–Crippen LogP) is 1.95. The number of nitrogens with two attached hydrogens (primary N) is 1. The summed E-state index contributed by atoms with van der Waals surface area (Å²) in [6.07, 6.45) is 5.51. The molecule has 0 aliphatic heterocycles. The SMILES string of the molecule is CCCCOCCCOCCCCN. The summed E-state index contributed by atoms with van der Waals surface area (Å²) in [5, 5.41) is 0. The third-order valence-electron chi connectivity index (χ3n) is 1.96. The Balaban J connectivity index is 2.78. The summed E-state index contributed by atoms with van der Waals surface area (Å²) in [7, 11) is 0. The van der Waals surface area contributed by atoms with E-state index in [9.17, 15) is 0 Å². The lowest BCUT2D eigenvalue weighted by Crippen LogP contribution is -2.05. The maximum Gasteiger partial charge on any atom is 0.0487 e. The standard InChI is InChI=1S/C11H25NO2/c1-2-3-8-13-10-6-11-14-9-5-4-7-12/h2-12H2,1H3. The molecule has 0 spiro atoms. The van der Waals surface area contributed by atoms with E-state index in [1.165, 1.54) is 6.42 Å². The zero-order valence-electron chi connectivity index (χ0n) is 9.46. The first-order valence-electron chi connectivity index (χ1n) is 5.77. The molecular weight excluding hydrogens is 178 g/mol. The molecule has 0 aliphatic rings. The Kier molecular flexibility index (Phi) is 12.8. The number of rotatable bonds is 11. The monoisotopic (exact) mass is 203 g/mol. The quantitative estimate of drug-likeness (QED) is 0.522. The Bertz CT molecular complexity index is 87.3. The molecule has 0 saturated carbocycles. The van der Waals surface area contributed by atoms with Crippen molar-refractivity contribution >= 4 is 0 Å². The van der Waals surface area contributed by atoms with Gasteiger partial charge in [0.2, 0.25) is 0 Å². The third-order valence-corrected chi connectivity index (χ3v) is 1.96. The van der Waals surface area contributed by atoms with E-state index in [1.54, 1.807) is 0 Å². The first-order chi connectivity index (χ1) is 6.91. The maximum absolute atomic E-state index is 5.41. The molecule has 2 N–H and O–H groups in total. The fraction of sp³-hybridized carbons (Fsp3) is 1.00. The maximum atomic E-state index is 5.41. The van der Waals surface area contributed by atoms with Crippen molar-refractivity contribution in [1.82, 2.24) is 0 Å². The van der Waals surface area contributed by atoms with Gasteiger partial charge >= 0.3 is 0 Å². The van der Waals surface area contributed by atoms with Crippen LogP contribution in [0, 0.1) is 0 Å². The van der Waals surface area contributed by atoms with Crippen LogP contribution < -0.4 is 5.73 Å². The van der Waals surface area contributed by atoms with Crippen LogP contribution in [0.2, 0.25) is 0 Å². The highest BCUT2D eigenvalue weighted by Crippen LogP contribution is 1.92. The largest absolute Gasteiger partial charge is 0.381 e. The molecular formula is C11H25NO2. The second kappa shape index (κ2) is 12.9. The molecule has 3 heteroatoms. The van der Waals surface area contributed by atoms with Gasteiger partial charge in [0.25, 0.3) is 0 Å². The van der Waals surface area contributed by atoms with E-state index < -0.39 is 0 Å². The molecule has 0 aliphatic carbocycles. The van der Waals surface area contributed by atoms with Crippen molar-refractivity contribution in [2.24, 2.45) is 5.73 Å². The van der Waals surface area contributed by atoms with Gasteiger partial charge in [0, 0.05) is 26.4 Å². The van der Waals surface area contributed by atoms with E-state index in [-0.39, 0.29) is 0 Å². The fourth-order valence-electron chi connectivity index (χ4n) is 1.06. The third kappa shape index (κ3) is 11.9. The lowest BCUT2D eigenvalue weighted by molar-refractivity contribution is 0.0803. The van der Waals surface area contributed by atoms with Gasteiger partial charge in [-0.2, -0.15) is 0 Å². The fourth-order valence-corrected chi connectivity index (χ4v) is 1.06. The molecule has 0 atom stereocenters. The van der Waals surface area contributed by atoms with E-state index in [0.29, 0.717) is 0 Å². The highest BCUT2D eigenvalue weighted by molar-refractivity contribution is 4.40. The van der Waals surface area contributed by atoms with E-state index in [2.05, 4.69) is 6.92 Å². The molecule has 0 aromatic rings. The number of hydrogen-bond donors (Lipinski definition) is 1. The van der Waals surface area contributed by atoms with Crippen LogP contribution in [0.5, 0.6) is 0 Å². The minimum atomic E-state index is 0.767. The van der Waals surface area contributed by atoms with Gasteiger partial charge < -0.3 is 15.2 Å². The number of hydrogen-bond acceptors (Lipinski definition) is 3. The van der Waals surface area contributed by atoms with Crippen molar-refractivity contribution < 1.29 is 9.47 Å². The molecule has 3 nitrogen and oxygen atoms in total. The predicted molar refractivity (Wildman–Crippen MR) is 59.5 cm³/mol. The summed E-state index contributed by atoms with van der Waals surface area (Å²) in [5.41, 5.74) is 5.36. The van der Waals surface area contributed by atoms with E-state index in [0.717, 1.165) is 58.7 Å². The van der Waals surface area contributed by atoms with E-state index in [1.807, 2.05) is 0 Å². The minimum Gasteiger partial charge on any atom is -0.381 e. The smallest absolute Gasteiger partial charge is 0.0487 e. The van der Waals surface area contributed by atoms with Gasteiger partial charge in [-0.25, -0.2) is 0 Å². The van der Waals surface area contributed by atoms with Gasteiger partial charge in [0.1, 0.15) is 0 Å². The molecule has 0 aromatic heterocycles. The van der Waals surface area contributed by atoms with Gasteiger partial charge in [0.15, 0.2) is 0 Å². The number of unbranched alkanes of at least 4 members (excludes halogenated alkanes) is 2. The molecule has 0 rings (SSSR count). The molecule has 0 fully saturated rings. The van der Waals surface area contributed by atoms with Crippen LogP contribution >= 0.6 is 0 Å². The first kappa shape index (κ1) is 13.9. The second-order valence-electron chi connectivity index (χ2n) is 3.43. The summed E-state index contributed by atoms with van der Waals surface area (Å²) in [4.78, 5) is 0. The Labute approximate surface area is 88.0 Å². The molecule has 0 amide bonds. The molecule has 0 heterocycles. The van der Waals surface area contributed by atoms with Gasteiger partial charge in [-0.3, -0.25) is 0 Å². The van der Waals surface area contributed by atoms with Crippen molar-refractivity contribution in [3.05, 3.63) is 0 Å². The molecule has 0 saturated heterocycles. The Hall–Kier alpha value is -0.120. The summed E-state index contributed by atoms with van der Waals surface area (Å²) in [6.45, 7) is 6.32. The summed E-state index contributed by atoms with van der Waals surface area (Å²) in [6, 6.07) is 0. The van der Waals surface area contributed by atoms with Crippen molar-refractivity contribution in [1.29, 1.82) is 0 Å². The topological polar surface area (TPSA) is 44.5 Å². The molecule has 0 aromatic carbocycles. The van der Waals surface area contributed by atoms with Crippen LogP contribution in [-0.4, -0.2) is 33.0 Å². The summed E-state index contributed by atoms with van der Waals surface area (Å²) < 4.78 is 10.8. The Morgan fingerprint density at radius 2 is 1.36 bits per heavy atom. The molecule has 14 heavy (non-hydrogen) atoms. The molecule has 0 radical (unpaired) electrons. The van der Waals surface area contributed by atoms with Crippen molar-refractivity contribution in [2.45, 2.75) is 39.0 Å². The Morgan fingerprint density at radius 1 is 0.786 bits per heavy atom. The lowest BCUT2D eigenvalue weighted by atomic mass is 10.3. The van der Waals surface area contributed by atoms with E-state index in [4.69, 9.17) is 15.2 Å². The Morgan fingerprint density at radius 3 is 1.93 bits per heavy atom. The molecule has 0 bridgehead atoms. The van der Waals surface area contributed by atoms with Gasteiger partial charge in [0.05, 0.1) is 0 Å². The van der Waals surface area contributed by atoms with Crippen LogP contribution in [0.1, 0.15) is 39.0 Å². The van der Waals surface area contributed by atoms with Crippen LogP contribution in [0.4, 0.5) is 0 Å². The lowest BCUT2D eigenvalue weighted by Gasteiger charge is -2.04.